The second-order valence-electron chi connectivity index (χ2n) is 16.4. The molecule has 0 aromatic rings. The third-order valence-electron chi connectivity index (χ3n) is 9.84. The molecule has 0 fully saturated rings. The molecule has 322 valence electrons. The maximum atomic E-state index is 12.8. The molecule has 0 saturated carbocycles. The molecule has 0 aromatic heterocycles. The molecular weight excluding hydrogens is 707 g/mol. The minimum atomic E-state index is -4.31. The van der Waals surface area contributed by atoms with Crippen molar-refractivity contribution in [1.82, 2.24) is 5.32 Å². The van der Waals surface area contributed by atoms with Crippen LogP contribution in [0.4, 0.5) is 0 Å². The molecule has 8 nitrogen and oxygen atoms in total. The molecule has 0 bridgehead atoms. The molecule has 0 aliphatic rings. The minimum absolute atomic E-state index is 0.0727. The van der Waals surface area contributed by atoms with Crippen molar-refractivity contribution in [3.05, 3.63) is 48.6 Å². The molecule has 9 heteroatoms. The Labute approximate surface area is 339 Å². The number of allylic oxidation sites excluding steroid dienone is 8. The SMILES string of the molecule is CC/C=C\C/C=C\C/C=C\C/C=C\CCCCCCCCCCCCCCC(=O)NC(COP(=O)(O)OCC[N+](C)(C)C)C(O)CCCCCCCCCC. The maximum absolute atomic E-state index is 12.8. The highest BCUT2D eigenvalue weighted by atomic mass is 31.2. The van der Waals surface area contributed by atoms with Gasteiger partial charge in [0.15, 0.2) is 0 Å². The number of phosphoric ester groups is 1. The van der Waals surface area contributed by atoms with Gasteiger partial charge in [0, 0.05) is 6.42 Å². The van der Waals surface area contributed by atoms with Crippen LogP contribution in [0.15, 0.2) is 48.6 Å². The number of hydrogen-bond acceptors (Lipinski definition) is 5. The monoisotopic (exact) mass is 796 g/mol. The van der Waals surface area contributed by atoms with E-state index in [0.29, 0.717) is 23.9 Å². The first-order valence-electron chi connectivity index (χ1n) is 22.5. The van der Waals surface area contributed by atoms with Crippen LogP contribution >= 0.6 is 7.82 Å². The van der Waals surface area contributed by atoms with E-state index in [9.17, 15) is 19.4 Å². The Bertz CT molecular complexity index is 1040. The van der Waals surface area contributed by atoms with Crippen LogP contribution in [0.2, 0.25) is 0 Å². The van der Waals surface area contributed by atoms with E-state index in [4.69, 9.17) is 9.05 Å². The van der Waals surface area contributed by atoms with Gasteiger partial charge in [-0.15, -0.1) is 0 Å². The van der Waals surface area contributed by atoms with E-state index >= 15 is 0 Å². The van der Waals surface area contributed by atoms with Gasteiger partial charge in [-0.05, 0) is 51.4 Å². The third kappa shape index (κ3) is 40.5. The molecule has 0 heterocycles. The molecule has 0 aliphatic heterocycles. The Morgan fingerprint density at radius 1 is 0.636 bits per heavy atom. The van der Waals surface area contributed by atoms with Crippen molar-refractivity contribution in [2.75, 3.05) is 40.9 Å². The Morgan fingerprint density at radius 2 is 1.09 bits per heavy atom. The lowest BCUT2D eigenvalue weighted by Gasteiger charge is -2.26. The van der Waals surface area contributed by atoms with Crippen molar-refractivity contribution < 1.29 is 32.9 Å². The lowest BCUT2D eigenvalue weighted by atomic mass is 10.0. The van der Waals surface area contributed by atoms with E-state index in [0.717, 1.165) is 64.2 Å². The second kappa shape index (κ2) is 38.0. The van der Waals surface area contributed by atoms with Crippen LogP contribution in [-0.2, 0) is 18.4 Å². The summed E-state index contributed by atoms with van der Waals surface area (Å²) in [5, 5.41) is 13.9. The number of phosphoric acid groups is 1. The van der Waals surface area contributed by atoms with Gasteiger partial charge in [-0.2, -0.15) is 0 Å². The molecule has 55 heavy (non-hydrogen) atoms. The van der Waals surface area contributed by atoms with Gasteiger partial charge >= 0.3 is 7.82 Å². The van der Waals surface area contributed by atoms with E-state index < -0.39 is 20.0 Å². The summed E-state index contributed by atoms with van der Waals surface area (Å²) < 4.78 is 23.5. The van der Waals surface area contributed by atoms with Crippen LogP contribution in [0.25, 0.3) is 0 Å². The lowest BCUT2D eigenvalue weighted by molar-refractivity contribution is -0.870. The quantitative estimate of drug-likeness (QED) is 0.0247. The molecule has 3 N–H and O–H groups in total. The minimum Gasteiger partial charge on any atom is -0.391 e. The summed E-state index contributed by atoms with van der Waals surface area (Å²) in [6.45, 7) is 4.73. The topological polar surface area (TPSA) is 105 Å². The summed E-state index contributed by atoms with van der Waals surface area (Å²) >= 11 is 0. The van der Waals surface area contributed by atoms with Gasteiger partial charge in [-0.25, -0.2) is 4.57 Å². The number of nitrogens with zero attached hydrogens (tertiary/aromatic N) is 1. The second-order valence-corrected chi connectivity index (χ2v) is 17.9. The number of carbonyl (C=O) groups excluding carboxylic acids is 1. The molecule has 0 spiro atoms. The smallest absolute Gasteiger partial charge is 0.391 e. The number of nitrogens with one attached hydrogen (secondary N) is 1. The lowest BCUT2D eigenvalue weighted by Crippen LogP contribution is -2.46. The van der Waals surface area contributed by atoms with Gasteiger partial charge in [0.25, 0.3) is 0 Å². The molecule has 3 unspecified atom stereocenters. The van der Waals surface area contributed by atoms with Crippen LogP contribution in [0.5, 0.6) is 0 Å². The van der Waals surface area contributed by atoms with Gasteiger partial charge in [-0.3, -0.25) is 13.8 Å². The third-order valence-corrected chi connectivity index (χ3v) is 10.8. The Balaban J connectivity index is 4.12. The van der Waals surface area contributed by atoms with E-state index in [2.05, 4.69) is 67.8 Å². The number of hydrogen-bond donors (Lipinski definition) is 3. The average molecular weight is 796 g/mol. The van der Waals surface area contributed by atoms with Crippen LogP contribution < -0.4 is 5.32 Å². The van der Waals surface area contributed by atoms with Gasteiger partial charge in [0.05, 0.1) is 39.9 Å². The van der Waals surface area contributed by atoms with E-state index in [-0.39, 0.29) is 19.1 Å². The Kier molecular flexibility index (Phi) is 36.9. The summed E-state index contributed by atoms with van der Waals surface area (Å²) in [6, 6.07) is -0.759. The molecule has 0 aromatic carbocycles. The number of aliphatic hydroxyl groups is 1. The van der Waals surface area contributed by atoms with Crippen molar-refractivity contribution in [1.29, 1.82) is 0 Å². The molecule has 3 atom stereocenters. The Morgan fingerprint density at radius 3 is 1.60 bits per heavy atom. The molecule has 0 rings (SSSR count). The van der Waals surface area contributed by atoms with Crippen molar-refractivity contribution in [2.24, 2.45) is 0 Å². The van der Waals surface area contributed by atoms with E-state index in [1.165, 1.54) is 96.3 Å². The summed E-state index contributed by atoms with van der Waals surface area (Å²) in [7, 11) is 1.61. The highest BCUT2D eigenvalue weighted by Crippen LogP contribution is 2.43. The van der Waals surface area contributed by atoms with Gasteiger partial charge in [-0.1, -0.05) is 178 Å². The predicted molar refractivity (Wildman–Crippen MR) is 235 cm³/mol. The van der Waals surface area contributed by atoms with Gasteiger partial charge in [0.1, 0.15) is 13.2 Å². The first kappa shape index (κ1) is 53.5. The summed E-state index contributed by atoms with van der Waals surface area (Å²) in [4.78, 5) is 23.1. The van der Waals surface area contributed by atoms with E-state index in [1.54, 1.807) is 0 Å². The van der Waals surface area contributed by atoms with E-state index in [1.807, 2.05) is 21.1 Å². The highest BCUT2D eigenvalue weighted by molar-refractivity contribution is 7.47. The molecule has 0 radical (unpaired) electrons. The van der Waals surface area contributed by atoms with Crippen molar-refractivity contribution in [3.63, 3.8) is 0 Å². The van der Waals surface area contributed by atoms with Gasteiger partial charge < -0.3 is 19.8 Å². The summed E-state index contributed by atoms with van der Waals surface area (Å²) in [5.41, 5.74) is 0. The normalized spacial score (nSPS) is 14.8. The molecular formula is C46H88N2O6P+. The number of likely N-dealkylation sites (N-methyl/N-ethyl adjacent to an activating group) is 1. The molecule has 0 saturated heterocycles. The fourth-order valence-electron chi connectivity index (χ4n) is 6.27. The first-order chi connectivity index (χ1) is 26.5. The number of unbranched alkanes of at least 4 members (excludes halogenated alkanes) is 19. The van der Waals surface area contributed by atoms with Crippen LogP contribution in [0, 0.1) is 0 Å². The standard InChI is InChI=1S/C46H87N2O6P/c1-6-8-10-12-14-16-17-18-19-20-21-22-23-24-25-26-27-28-29-30-31-32-34-36-38-40-46(50)47-44(43-54-55(51,52)53-42-41-48(3,4)5)45(49)39-37-35-33-15-13-11-9-7-2/h8,10,14,16,18-19,21-22,44-45,49H,6-7,9,11-13,15,17,20,23-43H2,1-5H3,(H-,47,50,51,52)/p+1/b10-8-,16-14-,19-18-,22-21-. The number of amides is 1. The predicted octanol–water partition coefficient (Wildman–Crippen LogP) is 12.5. The number of rotatable bonds is 40. The molecule has 1 amide bonds. The largest absolute Gasteiger partial charge is 0.472 e. The fraction of sp³-hybridized carbons (Fsp3) is 0.804. The van der Waals surface area contributed by atoms with Crippen LogP contribution in [-0.4, -0.2) is 73.4 Å². The van der Waals surface area contributed by atoms with Gasteiger partial charge in [0.2, 0.25) is 5.91 Å². The highest BCUT2D eigenvalue weighted by Gasteiger charge is 2.28. The van der Waals surface area contributed by atoms with Crippen LogP contribution in [0.3, 0.4) is 0 Å². The summed E-state index contributed by atoms with van der Waals surface area (Å²) in [6.07, 6.45) is 47.3. The average Bonchev–Trinajstić information content (AvgIpc) is 3.13. The maximum Gasteiger partial charge on any atom is 0.472 e. The number of aliphatic hydroxyl groups excluding tert-OH is 1. The zero-order valence-electron chi connectivity index (χ0n) is 36.4. The van der Waals surface area contributed by atoms with Crippen LogP contribution in [0.1, 0.15) is 187 Å². The summed E-state index contributed by atoms with van der Waals surface area (Å²) in [5.74, 6) is -0.152. The number of carbonyl (C=O) groups is 1. The number of quaternary nitrogens is 1. The zero-order valence-corrected chi connectivity index (χ0v) is 37.3. The zero-order chi connectivity index (χ0) is 40.7. The fourth-order valence-corrected chi connectivity index (χ4v) is 7.01. The molecule has 0 aliphatic carbocycles. The van der Waals surface area contributed by atoms with Crippen molar-refractivity contribution in [2.45, 2.75) is 199 Å². The first-order valence-corrected chi connectivity index (χ1v) is 24.0. The Hall–Kier alpha value is -1.54. The van der Waals surface area contributed by atoms with Crippen molar-refractivity contribution >= 4 is 13.7 Å². The van der Waals surface area contributed by atoms with Crippen molar-refractivity contribution in [3.8, 4) is 0 Å².